The average Bonchev–Trinajstić information content (AvgIpc) is 2.34. The molecule has 1 fully saturated rings. The number of halogens is 2. The molecular weight excluding hydrogens is 242 g/mol. The summed E-state index contributed by atoms with van der Waals surface area (Å²) in [5, 5.41) is 9.34. The van der Waals surface area contributed by atoms with Crippen molar-refractivity contribution in [2.24, 2.45) is 0 Å². The smallest absolute Gasteiger partial charge is 0.256 e. The molecule has 1 amide bonds. The van der Waals surface area contributed by atoms with Crippen LogP contribution in [0.1, 0.15) is 23.2 Å². The third kappa shape index (κ3) is 2.43. The monoisotopic (exact) mass is 256 g/mol. The SMILES string of the molecule is Nc1cc(F)c(F)cc1C(=O)N1CCC(O)CC1. The van der Waals surface area contributed by atoms with E-state index in [0.717, 1.165) is 12.1 Å². The molecule has 0 radical (unpaired) electrons. The van der Waals surface area contributed by atoms with Crippen LogP contribution >= 0.6 is 0 Å². The van der Waals surface area contributed by atoms with Gasteiger partial charge in [-0.2, -0.15) is 0 Å². The Morgan fingerprint density at radius 1 is 1.28 bits per heavy atom. The second-order valence-corrected chi connectivity index (χ2v) is 4.38. The van der Waals surface area contributed by atoms with E-state index < -0.39 is 23.6 Å². The van der Waals surface area contributed by atoms with Gasteiger partial charge in [0.05, 0.1) is 11.7 Å². The Hall–Kier alpha value is -1.69. The van der Waals surface area contributed by atoms with E-state index in [-0.39, 0.29) is 11.3 Å². The highest BCUT2D eigenvalue weighted by Gasteiger charge is 2.24. The van der Waals surface area contributed by atoms with Crippen molar-refractivity contribution >= 4 is 11.6 Å². The maximum absolute atomic E-state index is 13.1. The molecule has 1 aromatic carbocycles. The molecule has 1 heterocycles. The van der Waals surface area contributed by atoms with E-state index >= 15 is 0 Å². The molecule has 0 aromatic heterocycles. The summed E-state index contributed by atoms with van der Waals surface area (Å²) < 4.78 is 26.0. The van der Waals surface area contributed by atoms with Crippen LogP contribution < -0.4 is 5.73 Å². The van der Waals surface area contributed by atoms with E-state index in [2.05, 4.69) is 0 Å². The van der Waals surface area contributed by atoms with Gasteiger partial charge in [0.25, 0.3) is 5.91 Å². The number of nitrogen functional groups attached to an aromatic ring is 1. The largest absolute Gasteiger partial charge is 0.398 e. The topological polar surface area (TPSA) is 66.6 Å². The van der Waals surface area contributed by atoms with Crippen LogP contribution in [0.2, 0.25) is 0 Å². The van der Waals surface area contributed by atoms with Crippen LogP contribution in [0.15, 0.2) is 12.1 Å². The van der Waals surface area contributed by atoms with Crippen molar-refractivity contribution in [3.8, 4) is 0 Å². The van der Waals surface area contributed by atoms with Gasteiger partial charge in [-0.25, -0.2) is 8.78 Å². The van der Waals surface area contributed by atoms with Crippen LogP contribution in [0, 0.1) is 11.6 Å². The van der Waals surface area contributed by atoms with E-state index in [9.17, 15) is 18.7 Å². The first-order valence-electron chi connectivity index (χ1n) is 5.71. The van der Waals surface area contributed by atoms with Crippen molar-refractivity contribution in [3.05, 3.63) is 29.3 Å². The highest BCUT2D eigenvalue weighted by molar-refractivity contribution is 5.99. The highest BCUT2D eigenvalue weighted by atomic mass is 19.2. The number of benzene rings is 1. The molecule has 3 N–H and O–H groups in total. The van der Waals surface area contributed by atoms with Gasteiger partial charge in [-0.05, 0) is 18.9 Å². The Bertz CT molecular complexity index is 471. The summed E-state index contributed by atoms with van der Waals surface area (Å²) in [5.41, 5.74) is 5.41. The maximum Gasteiger partial charge on any atom is 0.256 e. The third-order valence-corrected chi connectivity index (χ3v) is 3.07. The average molecular weight is 256 g/mol. The number of hydrogen-bond acceptors (Lipinski definition) is 3. The highest BCUT2D eigenvalue weighted by Crippen LogP contribution is 2.21. The normalized spacial score (nSPS) is 16.9. The second-order valence-electron chi connectivity index (χ2n) is 4.38. The first-order valence-corrected chi connectivity index (χ1v) is 5.71. The molecule has 0 spiro atoms. The van der Waals surface area contributed by atoms with Gasteiger partial charge in [-0.3, -0.25) is 4.79 Å². The zero-order valence-corrected chi connectivity index (χ0v) is 9.70. The molecule has 2 rings (SSSR count). The number of nitrogens with two attached hydrogens (primary N) is 1. The summed E-state index contributed by atoms with van der Waals surface area (Å²) in [7, 11) is 0. The van der Waals surface area contributed by atoms with E-state index in [4.69, 9.17) is 5.73 Å². The molecule has 6 heteroatoms. The molecular formula is C12H14F2N2O2. The number of piperidine rings is 1. The minimum atomic E-state index is -1.09. The zero-order chi connectivity index (χ0) is 13.3. The molecule has 1 aliphatic rings. The van der Waals surface area contributed by atoms with Crippen LogP contribution in [0.25, 0.3) is 0 Å². The molecule has 4 nitrogen and oxygen atoms in total. The molecule has 0 bridgehead atoms. The van der Waals surface area contributed by atoms with Crippen molar-refractivity contribution in [2.45, 2.75) is 18.9 Å². The first kappa shape index (κ1) is 12.8. The van der Waals surface area contributed by atoms with Crippen LogP contribution in [-0.4, -0.2) is 35.1 Å². The first-order chi connectivity index (χ1) is 8.49. The van der Waals surface area contributed by atoms with Gasteiger partial charge in [0.15, 0.2) is 11.6 Å². The summed E-state index contributed by atoms with van der Waals surface area (Å²) in [6.45, 7) is 0.775. The Labute approximate surface area is 103 Å². The second kappa shape index (κ2) is 4.89. The number of hydrogen-bond donors (Lipinski definition) is 2. The minimum absolute atomic E-state index is 0.0368. The number of carbonyl (C=O) groups is 1. The molecule has 0 atom stereocenters. The number of nitrogens with zero attached hydrogens (tertiary/aromatic N) is 1. The summed E-state index contributed by atoms with van der Waals surface area (Å²) in [5.74, 6) is -2.60. The molecule has 1 aromatic rings. The molecule has 1 aliphatic heterocycles. The quantitative estimate of drug-likeness (QED) is 0.740. The van der Waals surface area contributed by atoms with E-state index in [1.807, 2.05) is 0 Å². The Balaban J connectivity index is 2.21. The fraction of sp³-hybridized carbons (Fsp3) is 0.417. The molecule has 1 saturated heterocycles. The molecule has 0 unspecified atom stereocenters. The summed E-state index contributed by atoms with van der Waals surface area (Å²) >= 11 is 0. The molecule has 0 aliphatic carbocycles. The summed E-state index contributed by atoms with van der Waals surface area (Å²) in [6.07, 6.45) is 0.557. The Kier molecular flexibility index (Phi) is 3.47. The number of rotatable bonds is 1. The standard InChI is InChI=1S/C12H14F2N2O2/c13-9-5-8(11(15)6-10(9)14)12(18)16-3-1-7(17)2-4-16/h5-7,17H,1-4,15H2. The van der Waals surface area contributed by atoms with Gasteiger partial charge >= 0.3 is 0 Å². The van der Waals surface area contributed by atoms with Crippen molar-refractivity contribution in [1.29, 1.82) is 0 Å². The lowest BCUT2D eigenvalue weighted by Gasteiger charge is -2.30. The number of anilines is 1. The van der Waals surface area contributed by atoms with Crippen LogP contribution in [0.4, 0.5) is 14.5 Å². The fourth-order valence-electron chi connectivity index (χ4n) is 1.99. The molecule has 98 valence electrons. The fourth-order valence-corrected chi connectivity index (χ4v) is 1.99. The number of aliphatic hydroxyl groups excluding tert-OH is 1. The minimum Gasteiger partial charge on any atom is -0.398 e. The van der Waals surface area contributed by atoms with Crippen molar-refractivity contribution in [2.75, 3.05) is 18.8 Å². The number of likely N-dealkylation sites (tertiary alicyclic amines) is 1. The van der Waals surface area contributed by atoms with E-state index in [0.29, 0.717) is 25.9 Å². The lowest BCUT2D eigenvalue weighted by Crippen LogP contribution is -2.40. The molecule has 18 heavy (non-hydrogen) atoms. The van der Waals surface area contributed by atoms with Gasteiger partial charge in [0, 0.05) is 24.8 Å². The van der Waals surface area contributed by atoms with Crippen molar-refractivity contribution < 1.29 is 18.7 Å². The summed E-state index contributed by atoms with van der Waals surface area (Å²) in [4.78, 5) is 13.5. The van der Waals surface area contributed by atoms with Crippen LogP contribution in [0.3, 0.4) is 0 Å². The predicted octanol–water partition coefficient (Wildman–Crippen LogP) is 1.14. The maximum atomic E-state index is 13.1. The zero-order valence-electron chi connectivity index (χ0n) is 9.70. The van der Waals surface area contributed by atoms with Crippen molar-refractivity contribution in [1.82, 2.24) is 4.90 Å². The number of carbonyl (C=O) groups excluding carboxylic acids is 1. The van der Waals surface area contributed by atoms with Crippen molar-refractivity contribution in [3.63, 3.8) is 0 Å². The van der Waals surface area contributed by atoms with Crippen LogP contribution in [0.5, 0.6) is 0 Å². The van der Waals surface area contributed by atoms with Gasteiger partial charge in [-0.15, -0.1) is 0 Å². The lowest BCUT2D eigenvalue weighted by molar-refractivity contribution is 0.0547. The lowest BCUT2D eigenvalue weighted by atomic mass is 10.1. The summed E-state index contributed by atoms with van der Waals surface area (Å²) in [6, 6.07) is 1.62. The van der Waals surface area contributed by atoms with Gasteiger partial charge in [0.1, 0.15) is 0 Å². The Morgan fingerprint density at radius 2 is 1.83 bits per heavy atom. The van der Waals surface area contributed by atoms with Gasteiger partial charge < -0.3 is 15.7 Å². The van der Waals surface area contributed by atoms with E-state index in [1.165, 1.54) is 4.90 Å². The van der Waals surface area contributed by atoms with Gasteiger partial charge in [-0.1, -0.05) is 0 Å². The van der Waals surface area contributed by atoms with E-state index in [1.54, 1.807) is 0 Å². The predicted molar refractivity (Wildman–Crippen MR) is 61.9 cm³/mol. The van der Waals surface area contributed by atoms with Crippen LogP contribution in [-0.2, 0) is 0 Å². The molecule has 0 saturated carbocycles. The van der Waals surface area contributed by atoms with Gasteiger partial charge in [0.2, 0.25) is 0 Å². The number of aliphatic hydroxyl groups is 1. The third-order valence-electron chi connectivity index (χ3n) is 3.07. The number of amides is 1. The Morgan fingerprint density at radius 3 is 2.44 bits per heavy atom.